The molecule has 0 saturated heterocycles. The first-order valence-electron chi connectivity index (χ1n) is 6.28. The van der Waals surface area contributed by atoms with Gasteiger partial charge in [0.25, 0.3) is 5.69 Å². The Balaban J connectivity index is 2.45. The number of hydrogen-bond acceptors (Lipinski definition) is 2. The Bertz CT molecular complexity index is 609. The molecule has 0 aliphatic rings. The zero-order chi connectivity index (χ0) is 14.0. The number of benzene rings is 2. The van der Waals surface area contributed by atoms with Crippen LogP contribution in [0.2, 0.25) is 0 Å². The molecule has 0 bridgehead atoms. The average Bonchev–Trinajstić information content (AvgIpc) is 2.34. The first-order chi connectivity index (χ1) is 8.99. The molecule has 0 radical (unpaired) electrons. The van der Waals surface area contributed by atoms with E-state index in [1.54, 1.807) is 12.1 Å². The summed E-state index contributed by atoms with van der Waals surface area (Å²) in [6, 6.07) is 11.2. The van der Waals surface area contributed by atoms with Gasteiger partial charge in [0.05, 0.1) is 4.92 Å². The van der Waals surface area contributed by atoms with Gasteiger partial charge in [-0.05, 0) is 37.5 Å². The van der Waals surface area contributed by atoms with Gasteiger partial charge in [0.2, 0.25) is 0 Å². The molecular formula is C16H17NO2. The van der Waals surface area contributed by atoms with Crippen LogP contribution in [-0.4, -0.2) is 4.92 Å². The predicted octanol–water partition coefficient (Wildman–Crippen LogP) is 4.11. The highest BCUT2D eigenvalue weighted by atomic mass is 16.6. The zero-order valence-corrected chi connectivity index (χ0v) is 11.4. The Labute approximate surface area is 113 Å². The molecule has 0 aliphatic heterocycles. The maximum Gasteiger partial charge on any atom is 0.272 e. The van der Waals surface area contributed by atoms with Crippen LogP contribution in [0.4, 0.5) is 5.69 Å². The first kappa shape index (κ1) is 13.3. The van der Waals surface area contributed by atoms with Crippen molar-refractivity contribution in [1.29, 1.82) is 0 Å². The van der Waals surface area contributed by atoms with Crippen LogP contribution in [-0.2, 0) is 6.42 Å². The Morgan fingerprint density at radius 3 is 2.21 bits per heavy atom. The maximum atomic E-state index is 11.0. The highest BCUT2D eigenvalue weighted by Crippen LogP contribution is 2.25. The molecule has 0 fully saturated rings. The molecular weight excluding hydrogens is 238 g/mol. The highest BCUT2D eigenvalue weighted by Gasteiger charge is 2.14. The third-order valence-corrected chi connectivity index (χ3v) is 3.40. The Morgan fingerprint density at radius 2 is 1.63 bits per heavy atom. The summed E-state index contributed by atoms with van der Waals surface area (Å²) >= 11 is 0. The summed E-state index contributed by atoms with van der Waals surface area (Å²) in [5, 5.41) is 11.0. The van der Waals surface area contributed by atoms with Gasteiger partial charge in [-0.1, -0.05) is 35.9 Å². The molecule has 0 aromatic heterocycles. The summed E-state index contributed by atoms with van der Waals surface area (Å²) in [5.41, 5.74) is 5.75. The summed E-state index contributed by atoms with van der Waals surface area (Å²) in [7, 11) is 0. The first-order valence-corrected chi connectivity index (χ1v) is 6.28. The highest BCUT2D eigenvalue weighted by molar-refractivity contribution is 5.47. The lowest BCUT2D eigenvalue weighted by Crippen LogP contribution is -2.00. The van der Waals surface area contributed by atoms with Gasteiger partial charge in [0.1, 0.15) is 0 Å². The number of hydrogen-bond donors (Lipinski definition) is 0. The molecule has 2 aromatic rings. The fourth-order valence-corrected chi connectivity index (χ4v) is 2.52. The van der Waals surface area contributed by atoms with Crippen molar-refractivity contribution in [3.05, 3.63) is 74.3 Å². The van der Waals surface area contributed by atoms with E-state index >= 15 is 0 Å². The van der Waals surface area contributed by atoms with Gasteiger partial charge in [-0.2, -0.15) is 0 Å². The molecule has 0 unspecified atom stereocenters. The second kappa shape index (κ2) is 5.22. The van der Waals surface area contributed by atoms with Crippen LogP contribution in [0.5, 0.6) is 0 Å². The van der Waals surface area contributed by atoms with Crippen molar-refractivity contribution in [2.24, 2.45) is 0 Å². The van der Waals surface area contributed by atoms with Crippen LogP contribution < -0.4 is 0 Å². The molecule has 0 N–H and O–H groups in total. The standard InChI is InChI=1S/C16H17NO2/c1-11-8-12(2)15(13(3)9-11)10-14-6-4-5-7-16(14)17(18)19/h4-9H,10H2,1-3H3. The minimum atomic E-state index is -0.311. The molecule has 3 nitrogen and oxygen atoms in total. The number of nitro benzene ring substituents is 1. The fourth-order valence-electron chi connectivity index (χ4n) is 2.52. The van der Waals surface area contributed by atoms with Crippen molar-refractivity contribution in [2.45, 2.75) is 27.2 Å². The normalized spacial score (nSPS) is 10.5. The van der Waals surface area contributed by atoms with E-state index in [4.69, 9.17) is 0 Å². The summed E-state index contributed by atoms with van der Waals surface area (Å²) < 4.78 is 0. The molecule has 0 atom stereocenters. The van der Waals surface area contributed by atoms with Crippen molar-refractivity contribution >= 4 is 5.69 Å². The van der Waals surface area contributed by atoms with E-state index in [1.807, 2.05) is 12.1 Å². The van der Waals surface area contributed by atoms with Gasteiger partial charge < -0.3 is 0 Å². The van der Waals surface area contributed by atoms with Crippen LogP contribution in [0.15, 0.2) is 36.4 Å². The minimum absolute atomic E-state index is 0.196. The Morgan fingerprint density at radius 1 is 1.05 bits per heavy atom. The second-order valence-electron chi connectivity index (χ2n) is 4.94. The lowest BCUT2D eigenvalue weighted by Gasteiger charge is -2.11. The summed E-state index contributed by atoms with van der Waals surface area (Å²) in [5.74, 6) is 0. The van der Waals surface area contributed by atoms with E-state index in [1.165, 1.54) is 22.3 Å². The van der Waals surface area contributed by atoms with Gasteiger partial charge in [-0.25, -0.2) is 0 Å². The van der Waals surface area contributed by atoms with Crippen molar-refractivity contribution in [1.82, 2.24) is 0 Å². The van der Waals surface area contributed by atoms with E-state index in [9.17, 15) is 10.1 Å². The number of aryl methyl sites for hydroxylation is 3. The van der Waals surface area contributed by atoms with Crippen LogP contribution in [0.3, 0.4) is 0 Å². The monoisotopic (exact) mass is 255 g/mol. The van der Waals surface area contributed by atoms with E-state index in [-0.39, 0.29) is 10.6 Å². The predicted molar refractivity (Wildman–Crippen MR) is 76.6 cm³/mol. The fraction of sp³-hybridized carbons (Fsp3) is 0.250. The molecule has 0 aliphatic carbocycles. The summed E-state index contributed by atoms with van der Waals surface area (Å²) in [6.45, 7) is 6.18. The molecule has 2 aromatic carbocycles. The number of nitro groups is 1. The molecule has 2 rings (SSSR count). The topological polar surface area (TPSA) is 43.1 Å². The van der Waals surface area contributed by atoms with E-state index in [0.29, 0.717) is 6.42 Å². The maximum absolute atomic E-state index is 11.0. The Hall–Kier alpha value is -2.16. The number of para-hydroxylation sites is 1. The van der Waals surface area contributed by atoms with Gasteiger partial charge in [0, 0.05) is 18.1 Å². The number of nitrogens with zero attached hydrogens (tertiary/aromatic N) is 1. The van der Waals surface area contributed by atoms with Gasteiger partial charge in [-0.3, -0.25) is 10.1 Å². The van der Waals surface area contributed by atoms with E-state index < -0.39 is 0 Å². The van der Waals surface area contributed by atoms with Crippen LogP contribution >= 0.6 is 0 Å². The van der Waals surface area contributed by atoms with Crippen molar-refractivity contribution in [3.63, 3.8) is 0 Å². The SMILES string of the molecule is Cc1cc(C)c(Cc2ccccc2[N+](=O)[O-])c(C)c1. The van der Waals surface area contributed by atoms with Gasteiger partial charge >= 0.3 is 0 Å². The van der Waals surface area contributed by atoms with Crippen molar-refractivity contribution in [2.75, 3.05) is 0 Å². The Kier molecular flexibility index (Phi) is 3.65. The minimum Gasteiger partial charge on any atom is -0.258 e. The third-order valence-electron chi connectivity index (χ3n) is 3.40. The lowest BCUT2D eigenvalue weighted by molar-refractivity contribution is -0.385. The summed E-state index contributed by atoms with van der Waals surface area (Å²) in [6.07, 6.45) is 0.606. The molecule has 19 heavy (non-hydrogen) atoms. The summed E-state index contributed by atoms with van der Waals surface area (Å²) in [4.78, 5) is 10.7. The van der Waals surface area contributed by atoms with Gasteiger partial charge in [-0.15, -0.1) is 0 Å². The van der Waals surface area contributed by atoms with Crippen LogP contribution in [0.1, 0.15) is 27.8 Å². The second-order valence-corrected chi connectivity index (χ2v) is 4.94. The molecule has 98 valence electrons. The third kappa shape index (κ3) is 2.81. The smallest absolute Gasteiger partial charge is 0.258 e. The molecule has 0 spiro atoms. The van der Waals surface area contributed by atoms with E-state index in [0.717, 1.165) is 5.56 Å². The van der Waals surface area contributed by atoms with Crippen molar-refractivity contribution in [3.8, 4) is 0 Å². The quantitative estimate of drug-likeness (QED) is 0.612. The number of rotatable bonds is 3. The largest absolute Gasteiger partial charge is 0.272 e. The van der Waals surface area contributed by atoms with E-state index in [2.05, 4.69) is 32.9 Å². The average molecular weight is 255 g/mol. The molecule has 0 heterocycles. The van der Waals surface area contributed by atoms with Crippen LogP contribution in [0, 0.1) is 30.9 Å². The van der Waals surface area contributed by atoms with Crippen molar-refractivity contribution < 1.29 is 4.92 Å². The molecule has 3 heteroatoms. The van der Waals surface area contributed by atoms with Gasteiger partial charge in [0.15, 0.2) is 0 Å². The molecule has 0 amide bonds. The van der Waals surface area contributed by atoms with Crippen LogP contribution in [0.25, 0.3) is 0 Å². The molecule has 0 saturated carbocycles. The lowest BCUT2D eigenvalue weighted by atomic mass is 9.94. The zero-order valence-electron chi connectivity index (χ0n) is 11.4.